The molecule has 1 N–H and O–H groups in total. The maximum Gasteiger partial charge on any atom is 0.398 e. The smallest absolute Gasteiger partial charge is 0.398 e. The molecule has 0 saturated carbocycles. The monoisotopic (exact) mass is 167 g/mol. The molecule has 2 aliphatic heterocycles. The van der Waals surface area contributed by atoms with Gasteiger partial charge in [0.25, 0.3) is 0 Å². The highest BCUT2D eigenvalue weighted by atomic mass is 16.4. The topological polar surface area (TPSA) is 24.5 Å². The van der Waals surface area contributed by atoms with Gasteiger partial charge in [-0.1, -0.05) is 0 Å². The molecule has 2 heterocycles. The molecule has 2 bridgehead atoms. The van der Waals surface area contributed by atoms with Crippen LogP contribution in [0.5, 0.6) is 0 Å². The Morgan fingerprint density at radius 3 is 3.00 bits per heavy atom. The lowest BCUT2D eigenvalue weighted by atomic mass is 10.0. The molecule has 2 rings (SSSR count). The molecule has 67 valence electrons. The highest BCUT2D eigenvalue weighted by molar-refractivity contribution is 6.23. The molecule has 12 heavy (non-hydrogen) atoms. The van der Waals surface area contributed by atoms with E-state index < -0.39 is 0 Å². The van der Waals surface area contributed by atoms with Crippen molar-refractivity contribution in [3.8, 4) is 0 Å². The summed E-state index contributed by atoms with van der Waals surface area (Å²) in [6.07, 6.45) is 3.96. The molecule has 0 aliphatic carbocycles. The second-order valence-corrected chi connectivity index (χ2v) is 3.76. The second kappa shape index (κ2) is 3.77. The van der Waals surface area contributed by atoms with Crippen molar-refractivity contribution in [1.29, 1.82) is 0 Å². The van der Waals surface area contributed by atoms with E-state index in [2.05, 4.69) is 10.1 Å². The lowest BCUT2D eigenvalue weighted by Crippen LogP contribution is -2.38. The Kier molecular flexibility index (Phi) is 2.68. The van der Waals surface area contributed by atoms with Crippen molar-refractivity contribution in [3.63, 3.8) is 0 Å². The summed E-state index contributed by atoms with van der Waals surface area (Å²) < 4.78 is 5.02. The van der Waals surface area contributed by atoms with Crippen molar-refractivity contribution in [2.45, 2.75) is 31.3 Å². The first kappa shape index (κ1) is 8.54. The Hall–Kier alpha value is -0.0551. The number of hydrogen-bond donors (Lipinski definition) is 1. The lowest BCUT2D eigenvalue weighted by molar-refractivity contribution is 0.323. The minimum Gasteiger partial charge on any atom is -0.427 e. The molecular formula is C8H16BN2O. The summed E-state index contributed by atoms with van der Waals surface area (Å²) in [6, 6.07) is 1.47. The van der Waals surface area contributed by atoms with Gasteiger partial charge >= 0.3 is 7.62 Å². The van der Waals surface area contributed by atoms with Gasteiger partial charge in [0.15, 0.2) is 0 Å². The molecule has 1 radical (unpaired) electrons. The van der Waals surface area contributed by atoms with E-state index in [9.17, 15) is 0 Å². The van der Waals surface area contributed by atoms with Crippen LogP contribution in [0.4, 0.5) is 0 Å². The summed E-state index contributed by atoms with van der Waals surface area (Å²) in [7, 11) is 3.57. The fraction of sp³-hybridized carbons (Fsp3) is 1.00. The maximum absolute atomic E-state index is 5.02. The van der Waals surface area contributed by atoms with Crippen LogP contribution in [-0.4, -0.2) is 44.7 Å². The van der Waals surface area contributed by atoms with Gasteiger partial charge in [-0.2, -0.15) is 0 Å². The predicted molar refractivity (Wildman–Crippen MR) is 48.9 cm³/mol. The summed E-state index contributed by atoms with van der Waals surface area (Å²) in [5.41, 5.74) is 0. The molecule has 2 saturated heterocycles. The zero-order chi connectivity index (χ0) is 8.39. The van der Waals surface area contributed by atoms with Gasteiger partial charge in [0.2, 0.25) is 0 Å². The average molecular weight is 167 g/mol. The Balaban J connectivity index is 1.87. The van der Waals surface area contributed by atoms with Crippen molar-refractivity contribution in [1.82, 2.24) is 10.1 Å². The molecule has 0 aromatic carbocycles. The third-order valence-corrected chi connectivity index (χ3v) is 2.81. The number of nitrogens with zero attached hydrogens (tertiary/aromatic N) is 1. The molecule has 4 heteroatoms. The van der Waals surface area contributed by atoms with Gasteiger partial charge in [0, 0.05) is 25.7 Å². The molecule has 0 aromatic heterocycles. The standard InChI is InChI=1S/C8H16BN2O/c1-12-9-11-5-4-7-2-3-8(6-11)10-7/h7-8,10H,2-6H2,1H3. The van der Waals surface area contributed by atoms with E-state index in [1.54, 1.807) is 7.11 Å². The number of hydrogen-bond acceptors (Lipinski definition) is 3. The minimum atomic E-state index is 0.698. The van der Waals surface area contributed by atoms with Crippen molar-refractivity contribution in [3.05, 3.63) is 0 Å². The Morgan fingerprint density at radius 2 is 2.17 bits per heavy atom. The summed E-state index contributed by atoms with van der Waals surface area (Å²) >= 11 is 0. The van der Waals surface area contributed by atoms with Gasteiger partial charge in [-0.05, 0) is 25.8 Å². The van der Waals surface area contributed by atoms with Gasteiger partial charge in [-0.15, -0.1) is 0 Å². The number of rotatable bonds is 2. The fourth-order valence-electron chi connectivity index (χ4n) is 2.21. The van der Waals surface area contributed by atoms with Crippen LogP contribution in [0, 0.1) is 0 Å². The van der Waals surface area contributed by atoms with Crippen molar-refractivity contribution >= 4 is 7.62 Å². The van der Waals surface area contributed by atoms with Gasteiger partial charge in [-0.3, -0.25) is 0 Å². The number of nitrogens with one attached hydrogen (secondary N) is 1. The Labute approximate surface area is 74.8 Å². The van der Waals surface area contributed by atoms with E-state index in [1.165, 1.54) is 19.3 Å². The molecule has 2 aliphatic rings. The summed E-state index contributed by atoms with van der Waals surface area (Å²) in [5.74, 6) is 0. The molecule has 0 aromatic rings. The Bertz CT molecular complexity index is 156. The first-order chi connectivity index (χ1) is 5.88. The molecule has 0 spiro atoms. The molecular weight excluding hydrogens is 151 g/mol. The van der Waals surface area contributed by atoms with Crippen LogP contribution >= 0.6 is 0 Å². The number of fused-ring (bicyclic) bond motifs is 2. The molecule has 3 nitrogen and oxygen atoms in total. The largest absolute Gasteiger partial charge is 0.427 e. The van der Waals surface area contributed by atoms with E-state index in [4.69, 9.17) is 4.65 Å². The summed E-state index contributed by atoms with van der Waals surface area (Å²) in [6.45, 7) is 2.26. The Morgan fingerprint density at radius 1 is 1.33 bits per heavy atom. The molecule has 2 unspecified atom stereocenters. The van der Waals surface area contributed by atoms with Crippen LogP contribution in [0.2, 0.25) is 0 Å². The van der Waals surface area contributed by atoms with E-state index >= 15 is 0 Å². The van der Waals surface area contributed by atoms with Gasteiger partial charge < -0.3 is 14.8 Å². The summed E-state index contributed by atoms with van der Waals surface area (Å²) in [4.78, 5) is 2.27. The third-order valence-electron chi connectivity index (χ3n) is 2.81. The zero-order valence-electron chi connectivity index (χ0n) is 7.62. The van der Waals surface area contributed by atoms with Gasteiger partial charge in [0.1, 0.15) is 0 Å². The summed E-state index contributed by atoms with van der Waals surface area (Å²) in [5, 5.41) is 3.62. The molecule has 2 atom stereocenters. The van der Waals surface area contributed by atoms with Crippen molar-refractivity contribution < 1.29 is 4.65 Å². The minimum absolute atomic E-state index is 0.698. The first-order valence-electron chi connectivity index (χ1n) is 4.74. The van der Waals surface area contributed by atoms with Crippen LogP contribution in [-0.2, 0) is 4.65 Å². The van der Waals surface area contributed by atoms with E-state index in [-0.39, 0.29) is 0 Å². The predicted octanol–water partition coefficient (Wildman–Crippen LogP) is -0.00670. The highest BCUT2D eigenvalue weighted by Crippen LogP contribution is 2.19. The molecule has 2 fully saturated rings. The van der Waals surface area contributed by atoms with Crippen LogP contribution in [0.3, 0.4) is 0 Å². The van der Waals surface area contributed by atoms with Crippen LogP contribution in [0.15, 0.2) is 0 Å². The fourth-order valence-corrected chi connectivity index (χ4v) is 2.21. The second-order valence-electron chi connectivity index (χ2n) is 3.76. The van der Waals surface area contributed by atoms with Crippen LogP contribution in [0.1, 0.15) is 19.3 Å². The SMILES string of the molecule is CO[B]N1CCC2CCC(C1)N2. The van der Waals surface area contributed by atoms with E-state index in [0.717, 1.165) is 19.1 Å². The van der Waals surface area contributed by atoms with Crippen molar-refractivity contribution in [2.75, 3.05) is 20.2 Å². The maximum atomic E-state index is 5.02. The lowest BCUT2D eigenvalue weighted by Gasteiger charge is -2.21. The molecule has 0 amide bonds. The van der Waals surface area contributed by atoms with Gasteiger partial charge in [-0.25, -0.2) is 0 Å². The van der Waals surface area contributed by atoms with Crippen LogP contribution in [0.25, 0.3) is 0 Å². The van der Waals surface area contributed by atoms with Gasteiger partial charge in [0.05, 0.1) is 0 Å². The highest BCUT2D eigenvalue weighted by Gasteiger charge is 2.29. The quantitative estimate of drug-likeness (QED) is 0.585. The normalized spacial score (nSPS) is 36.4. The third kappa shape index (κ3) is 1.81. The average Bonchev–Trinajstić information content (AvgIpc) is 2.37. The van der Waals surface area contributed by atoms with Crippen molar-refractivity contribution in [2.24, 2.45) is 0 Å². The zero-order valence-corrected chi connectivity index (χ0v) is 7.62. The van der Waals surface area contributed by atoms with Crippen LogP contribution < -0.4 is 5.32 Å². The van der Waals surface area contributed by atoms with E-state index in [0.29, 0.717) is 6.04 Å². The van der Waals surface area contributed by atoms with E-state index in [1.807, 2.05) is 7.62 Å². The first-order valence-corrected chi connectivity index (χ1v) is 4.74.